The van der Waals surface area contributed by atoms with E-state index in [2.05, 4.69) is 62.5 Å². The molecule has 83 heavy (non-hydrogen) atoms. The molecule has 0 saturated heterocycles. The van der Waals surface area contributed by atoms with E-state index in [1.165, 1.54) is 19.4 Å². The molecule has 1 aliphatic rings. The molecule has 1 aromatic rings. The van der Waals surface area contributed by atoms with E-state index < -0.39 is 145 Å². The number of hydrogen-bond acceptors (Lipinski definition) is 16. The van der Waals surface area contributed by atoms with Gasteiger partial charge in [-0.05, 0) is 78.1 Å². The van der Waals surface area contributed by atoms with Crippen molar-refractivity contribution in [3.8, 4) is 0 Å². The third-order valence-electron chi connectivity index (χ3n) is 14.2. The van der Waals surface area contributed by atoms with Gasteiger partial charge in [0.15, 0.2) is 11.9 Å². The lowest BCUT2D eigenvalue weighted by Crippen LogP contribution is -2.63. The van der Waals surface area contributed by atoms with Crippen LogP contribution < -0.4 is 71.2 Å². The van der Waals surface area contributed by atoms with Gasteiger partial charge in [-0.25, -0.2) is 4.98 Å². The van der Waals surface area contributed by atoms with E-state index in [0.717, 1.165) is 50.9 Å². The van der Waals surface area contributed by atoms with Gasteiger partial charge in [-0.3, -0.25) is 57.9 Å². The minimum absolute atomic E-state index is 0.0162. The minimum Gasteiger partial charge on any atom is -0.480 e. The first kappa shape index (κ1) is 71.4. The molecule has 0 spiro atoms. The zero-order valence-electron chi connectivity index (χ0n) is 48.8. The topological polar surface area (TPSA) is 514 Å². The van der Waals surface area contributed by atoms with E-state index in [1.54, 1.807) is 27.7 Å². The lowest BCUT2D eigenvalue weighted by atomic mass is 9.84. The number of guanidine groups is 2. The summed E-state index contributed by atoms with van der Waals surface area (Å²) in [4.78, 5) is 151. The number of carbonyl (C=O) groups is 10. The summed E-state index contributed by atoms with van der Waals surface area (Å²) < 4.78 is 0. The Kier molecular flexibility index (Phi) is 31.6. The second-order valence-electron chi connectivity index (χ2n) is 21.2. The molecular weight excluding hydrogens is 1080 g/mol. The molecular formula is C52H92N18O13. The second kappa shape index (κ2) is 36.7. The monoisotopic (exact) mass is 1180 g/mol. The summed E-state index contributed by atoms with van der Waals surface area (Å²) in [5.41, 5.74) is 28.0. The van der Waals surface area contributed by atoms with Crippen molar-refractivity contribution in [1.82, 2.24) is 57.4 Å². The molecule has 1 aliphatic carbocycles. The van der Waals surface area contributed by atoms with Crippen LogP contribution in [-0.4, -0.2) is 194 Å². The zero-order valence-corrected chi connectivity index (χ0v) is 48.8. The summed E-state index contributed by atoms with van der Waals surface area (Å²) in [6, 6.07) is -11.5. The molecule has 1 fully saturated rings. The largest absolute Gasteiger partial charge is 0.480 e. The maximum atomic E-state index is 14.3. The van der Waals surface area contributed by atoms with Crippen LogP contribution in [0.1, 0.15) is 131 Å². The van der Waals surface area contributed by atoms with Crippen LogP contribution in [0.4, 0.5) is 0 Å². The molecule has 1 saturated carbocycles. The van der Waals surface area contributed by atoms with Gasteiger partial charge in [0.1, 0.15) is 48.8 Å². The molecule has 31 nitrogen and oxygen atoms in total. The Balaban J connectivity index is 2.31. The van der Waals surface area contributed by atoms with Crippen molar-refractivity contribution in [2.45, 2.75) is 199 Å². The number of aromatic nitrogens is 2. The first-order valence-corrected chi connectivity index (χ1v) is 28.2. The second-order valence-corrected chi connectivity index (χ2v) is 21.2. The molecule has 0 aliphatic heterocycles. The van der Waals surface area contributed by atoms with Crippen molar-refractivity contribution in [3.05, 3.63) is 18.2 Å². The van der Waals surface area contributed by atoms with Crippen LogP contribution in [0.5, 0.6) is 0 Å². The number of aliphatic hydroxyl groups is 2. The standard InChI is InChI=1S/C52H92N18O13/c1-8-27(3)40(50(83)70(25-39(74)75)28(4)9-2)67-45(78)35(18-14-20-60-52(56)57)64-38(73)24-61-48(81)41(30(6)71)69-49(82)42(31(7)72)68-47(80)37(22-33-23-58-26-62-33)66-46(79)36(21-32-15-11-10-12-16-32)65-43(76)29(5)63-44(77)34(53)17-13-19-59-51(54)55/h23,26-32,34-37,40-42,71-72H,8-22,24-25,53H2,1-7H3,(H,58,62)(H,61,81)(H,63,77)(H,64,73)(H,65,76)(H,66,79)(H,67,78)(H,68,80)(H,69,82)(H,74,75)(H4,54,55,59)(H4,56,57,60)/t27?,28?,29-,30+,31+,34-,35+,36-,37-,40-,41-,42-/m0/s1. The first-order valence-electron chi connectivity index (χ1n) is 28.2. The average molecular weight is 1180 g/mol. The number of imidazole rings is 1. The van der Waals surface area contributed by atoms with E-state index in [4.69, 9.17) is 28.7 Å². The molecule has 2 unspecified atom stereocenters. The van der Waals surface area contributed by atoms with Crippen molar-refractivity contribution in [1.29, 1.82) is 0 Å². The number of amides is 9. The Morgan fingerprint density at radius 2 is 1.20 bits per heavy atom. The maximum Gasteiger partial charge on any atom is 0.323 e. The number of aliphatic hydroxyl groups excluding tert-OH is 2. The number of aliphatic imine (C=N–C) groups is 2. The SMILES string of the molecule is CCC(C)[C@H](NC(=O)[C@@H](CCCN=C(N)N)NC(=O)CNC(=O)[C@@H](NC(=O)[C@@H](NC(=O)[C@H](Cc1cnc[nH]1)NC(=O)[C@H](CC1CCCCC1)NC(=O)[C@H](C)NC(=O)[C@@H](N)CCCN=C(N)N)[C@@H](C)O)[C@@H](C)O)C(=O)N(CC(=O)O)C(C)CC. The fraction of sp³-hybridized carbons (Fsp3) is 0.712. The van der Waals surface area contributed by atoms with Crippen LogP contribution >= 0.6 is 0 Å². The number of nitrogens with zero attached hydrogens (tertiary/aromatic N) is 4. The van der Waals surface area contributed by atoms with E-state index in [0.29, 0.717) is 25.0 Å². The number of nitrogens with two attached hydrogens (primary N) is 5. The Morgan fingerprint density at radius 3 is 1.75 bits per heavy atom. The molecule has 1 aromatic heterocycles. The Bertz CT molecular complexity index is 2340. The van der Waals surface area contributed by atoms with Gasteiger partial charge in [-0.2, -0.15) is 0 Å². The van der Waals surface area contributed by atoms with Gasteiger partial charge >= 0.3 is 5.97 Å². The van der Waals surface area contributed by atoms with Crippen LogP contribution in [0.3, 0.4) is 0 Å². The molecule has 9 amide bonds. The highest BCUT2D eigenvalue weighted by Crippen LogP contribution is 2.27. The van der Waals surface area contributed by atoms with E-state index >= 15 is 0 Å². The third kappa shape index (κ3) is 26.0. The number of carboxylic acids is 1. The highest BCUT2D eigenvalue weighted by atomic mass is 16.4. The number of nitrogens with one attached hydrogen (secondary N) is 9. The number of aliphatic carboxylic acids is 1. The van der Waals surface area contributed by atoms with Crippen molar-refractivity contribution >= 4 is 71.1 Å². The summed E-state index contributed by atoms with van der Waals surface area (Å²) >= 11 is 0. The van der Waals surface area contributed by atoms with Gasteiger partial charge in [0.25, 0.3) is 0 Å². The van der Waals surface area contributed by atoms with Crippen LogP contribution in [0.15, 0.2) is 22.5 Å². The number of rotatable bonds is 37. The van der Waals surface area contributed by atoms with Crippen LogP contribution in [0.25, 0.3) is 0 Å². The van der Waals surface area contributed by atoms with Gasteiger partial charge in [0.2, 0.25) is 53.2 Å². The molecule has 0 radical (unpaired) electrons. The highest BCUT2D eigenvalue weighted by Gasteiger charge is 2.38. The van der Waals surface area contributed by atoms with Crippen molar-refractivity contribution in [3.63, 3.8) is 0 Å². The molecule has 12 atom stereocenters. The lowest BCUT2D eigenvalue weighted by molar-refractivity contribution is -0.148. The number of carboxylic acid groups (broad SMARTS) is 1. The number of carbonyl (C=O) groups excluding carboxylic acids is 9. The summed E-state index contributed by atoms with van der Waals surface area (Å²) in [6.07, 6.45) is 5.18. The number of aromatic amines is 1. The predicted octanol–water partition coefficient (Wildman–Crippen LogP) is -4.59. The molecule has 2 rings (SSSR count). The summed E-state index contributed by atoms with van der Waals surface area (Å²) in [6.45, 7) is 9.49. The summed E-state index contributed by atoms with van der Waals surface area (Å²) in [5, 5.41) is 51.3. The van der Waals surface area contributed by atoms with Gasteiger partial charge < -0.3 is 96.4 Å². The molecule has 468 valence electrons. The van der Waals surface area contributed by atoms with Crippen molar-refractivity contribution in [2.75, 3.05) is 26.2 Å². The normalized spacial score (nSPS) is 16.7. The molecule has 0 aromatic carbocycles. The Labute approximate surface area is 483 Å². The average Bonchev–Trinajstić information content (AvgIpc) is 3.98. The fourth-order valence-electron chi connectivity index (χ4n) is 8.95. The smallest absolute Gasteiger partial charge is 0.323 e. The van der Waals surface area contributed by atoms with E-state index in [9.17, 15) is 63.3 Å². The molecule has 31 heteroatoms. The first-order chi connectivity index (χ1) is 39.1. The molecule has 22 N–H and O–H groups in total. The molecule has 1 heterocycles. The lowest BCUT2D eigenvalue weighted by Gasteiger charge is -2.34. The summed E-state index contributed by atoms with van der Waals surface area (Å²) in [7, 11) is 0. The number of hydrogen-bond donors (Lipinski definition) is 17. The number of H-pyrrole nitrogens is 1. The maximum absolute atomic E-state index is 14.3. The Hall–Kier alpha value is -7.67. The van der Waals surface area contributed by atoms with Crippen molar-refractivity contribution < 1.29 is 63.3 Å². The van der Waals surface area contributed by atoms with Crippen LogP contribution in [-0.2, 0) is 54.4 Å². The molecule has 0 bridgehead atoms. The van der Waals surface area contributed by atoms with Gasteiger partial charge in [-0.1, -0.05) is 59.3 Å². The van der Waals surface area contributed by atoms with Crippen molar-refractivity contribution in [2.24, 2.45) is 50.5 Å². The third-order valence-corrected chi connectivity index (χ3v) is 14.2. The quantitative estimate of drug-likeness (QED) is 0.0169. The van der Waals surface area contributed by atoms with E-state index in [1.807, 2.05) is 0 Å². The van der Waals surface area contributed by atoms with Crippen LogP contribution in [0.2, 0.25) is 0 Å². The van der Waals surface area contributed by atoms with Gasteiger partial charge in [0, 0.05) is 37.4 Å². The highest BCUT2D eigenvalue weighted by molar-refractivity contribution is 5.98. The Morgan fingerprint density at radius 1 is 0.663 bits per heavy atom. The van der Waals surface area contributed by atoms with E-state index in [-0.39, 0.29) is 63.0 Å². The van der Waals surface area contributed by atoms with Gasteiger partial charge in [0.05, 0.1) is 31.1 Å². The minimum atomic E-state index is -1.83. The fourth-order valence-corrected chi connectivity index (χ4v) is 8.95. The van der Waals surface area contributed by atoms with Crippen LogP contribution in [0, 0.1) is 11.8 Å². The predicted molar refractivity (Wildman–Crippen MR) is 305 cm³/mol. The zero-order chi connectivity index (χ0) is 62.5. The van der Waals surface area contributed by atoms with Gasteiger partial charge in [-0.15, -0.1) is 0 Å². The summed E-state index contributed by atoms with van der Waals surface area (Å²) in [5.74, 6) is -9.84.